The first-order chi connectivity index (χ1) is 10.7. The van der Waals surface area contributed by atoms with Crippen molar-refractivity contribution in [1.82, 2.24) is 5.01 Å². The maximum absolute atomic E-state index is 12.3. The Morgan fingerprint density at radius 1 is 1.00 bits per heavy atom. The number of nitrogens with two attached hydrogens (primary N) is 1. The van der Waals surface area contributed by atoms with E-state index in [2.05, 4.69) is 0 Å². The highest BCUT2D eigenvalue weighted by Gasteiger charge is 2.42. The van der Waals surface area contributed by atoms with Crippen molar-refractivity contribution in [3.05, 3.63) is 71.8 Å². The summed E-state index contributed by atoms with van der Waals surface area (Å²) in [5.41, 5.74) is 2.21. The molecule has 0 spiro atoms. The molecule has 2 N–H and O–H groups in total. The topological polar surface area (TPSA) is 63.4 Å². The van der Waals surface area contributed by atoms with Gasteiger partial charge in [-0.1, -0.05) is 60.7 Å². The SMILES string of the molecule is NN1C(=O)CC(C(Cc2ccccc2)c2ccccc2)C1=O. The van der Waals surface area contributed by atoms with Gasteiger partial charge in [-0.05, 0) is 17.5 Å². The van der Waals surface area contributed by atoms with E-state index in [0.29, 0.717) is 6.42 Å². The molecule has 1 aliphatic heterocycles. The highest BCUT2D eigenvalue weighted by atomic mass is 16.2. The van der Waals surface area contributed by atoms with E-state index in [1.54, 1.807) is 0 Å². The number of benzene rings is 2. The number of hydrazine groups is 1. The molecule has 0 aromatic heterocycles. The van der Waals surface area contributed by atoms with Crippen LogP contribution in [0.25, 0.3) is 0 Å². The molecule has 1 aliphatic rings. The third-order valence-electron chi connectivity index (χ3n) is 4.23. The van der Waals surface area contributed by atoms with E-state index in [1.165, 1.54) is 0 Å². The average molecular weight is 294 g/mol. The minimum atomic E-state index is -0.389. The standard InChI is InChI=1S/C18H18N2O2/c19-20-17(21)12-16(18(20)22)15(14-9-5-2-6-10-14)11-13-7-3-1-4-8-13/h1-10,15-16H,11-12,19H2. The Kier molecular flexibility index (Phi) is 4.02. The van der Waals surface area contributed by atoms with Crippen molar-refractivity contribution in [3.63, 3.8) is 0 Å². The lowest BCUT2D eigenvalue weighted by atomic mass is 9.80. The third kappa shape index (κ3) is 2.78. The highest BCUT2D eigenvalue weighted by Crippen LogP contribution is 2.35. The van der Waals surface area contributed by atoms with Crippen LogP contribution in [0.5, 0.6) is 0 Å². The molecule has 0 saturated carbocycles. The molecular formula is C18H18N2O2. The van der Waals surface area contributed by atoms with E-state index in [0.717, 1.165) is 16.1 Å². The van der Waals surface area contributed by atoms with Crippen molar-refractivity contribution in [3.8, 4) is 0 Å². The van der Waals surface area contributed by atoms with Crippen LogP contribution < -0.4 is 5.84 Å². The van der Waals surface area contributed by atoms with Gasteiger partial charge in [-0.2, -0.15) is 0 Å². The Bertz CT molecular complexity index is 670. The van der Waals surface area contributed by atoms with Crippen molar-refractivity contribution < 1.29 is 9.59 Å². The first-order valence-electron chi connectivity index (χ1n) is 7.37. The molecule has 22 heavy (non-hydrogen) atoms. The lowest BCUT2D eigenvalue weighted by molar-refractivity contribution is -0.139. The fourth-order valence-electron chi connectivity index (χ4n) is 3.05. The van der Waals surface area contributed by atoms with Gasteiger partial charge in [-0.25, -0.2) is 10.9 Å². The Labute approximate surface area is 129 Å². The van der Waals surface area contributed by atoms with Crippen LogP contribution in [-0.2, 0) is 16.0 Å². The molecule has 112 valence electrons. The third-order valence-corrected chi connectivity index (χ3v) is 4.23. The van der Waals surface area contributed by atoms with E-state index in [-0.39, 0.29) is 30.1 Å². The summed E-state index contributed by atoms with van der Waals surface area (Å²) in [6.45, 7) is 0. The minimum absolute atomic E-state index is 0.0476. The van der Waals surface area contributed by atoms with Crippen LogP contribution in [0.2, 0.25) is 0 Å². The summed E-state index contributed by atoms with van der Waals surface area (Å²) in [6, 6.07) is 19.9. The van der Waals surface area contributed by atoms with Gasteiger partial charge in [0.25, 0.3) is 0 Å². The molecule has 0 bridgehead atoms. The van der Waals surface area contributed by atoms with Gasteiger partial charge in [0.1, 0.15) is 0 Å². The molecule has 2 aromatic rings. The molecule has 4 heteroatoms. The van der Waals surface area contributed by atoms with Gasteiger partial charge in [0, 0.05) is 12.3 Å². The number of rotatable bonds is 4. The first kappa shape index (κ1) is 14.5. The molecular weight excluding hydrogens is 276 g/mol. The van der Waals surface area contributed by atoms with Gasteiger partial charge >= 0.3 is 0 Å². The summed E-state index contributed by atoms with van der Waals surface area (Å²) in [6.07, 6.45) is 0.893. The summed E-state index contributed by atoms with van der Waals surface area (Å²) >= 11 is 0. The molecule has 3 rings (SSSR count). The lowest BCUT2D eigenvalue weighted by Gasteiger charge is -2.22. The summed E-state index contributed by atoms with van der Waals surface area (Å²) in [5, 5.41) is 0.769. The van der Waals surface area contributed by atoms with Crippen LogP contribution in [0.3, 0.4) is 0 Å². The molecule has 1 saturated heterocycles. The fraction of sp³-hybridized carbons (Fsp3) is 0.222. The molecule has 0 radical (unpaired) electrons. The van der Waals surface area contributed by atoms with Crippen molar-refractivity contribution in [1.29, 1.82) is 0 Å². The maximum Gasteiger partial charge on any atom is 0.247 e. The molecule has 2 aromatic carbocycles. The van der Waals surface area contributed by atoms with Crippen molar-refractivity contribution in [2.75, 3.05) is 0 Å². The zero-order chi connectivity index (χ0) is 15.5. The normalized spacial score (nSPS) is 19.5. The predicted molar refractivity (Wildman–Crippen MR) is 83.5 cm³/mol. The van der Waals surface area contributed by atoms with Crippen LogP contribution in [0, 0.1) is 5.92 Å². The number of hydrogen-bond acceptors (Lipinski definition) is 3. The van der Waals surface area contributed by atoms with Gasteiger partial charge in [0.05, 0.1) is 5.92 Å². The molecule has 4 nitrogen and oxygen atoms in total. The maximum atomic E-state index is 12.3. The van der Waals surface area contributed by atoms with E-state index in [4.69, 9.17) is 5.84 Å². The van der Waals surface area contributed by atoms with Gasteiger partial charge in [0.15, 0.2) is 0 Å². The first-order valence-corrected chi connectivity index (χ1v) is 7.37. The fourth-order valence-corrected chi connectivity index (χ4v) is 3.05. The number of carbonyl (C=O) groups is 2. The van der Waals surface area contributed by atoms with Crippen LogP contribution in [0.15, 0.2) is 60.7 Å². The van der Waals surface area contributed by atoms with Crippen LogP contribution in [0.1, 0.15) is 23.5 Å². The number of hydrogen-bond donors (Lipinski definition) is 1. The Morgan fingerprint density at radius 3 is 2.14 bits per heavy atom. The van der Waals surface area contributed by atoms with E-state index < -0.39 is 0 Å². The van der Waals surface area contributed by atoms with Crippen LogP contribution >= 0.6 is 0 Å². The van der Waals surface area contributed by atoms with Gasteiger partial charge < -0.3 is 0 Å². The Hall–Kier alpha value is -2.46. The smallest absolute Gasteiger partial charge is 0.247 e. The number of amides is 2. The number of carbonyl (C=O) groups excluding carboxylic acids is 2. The van der Waals surface area contributed by atoms with Crippen LogP contribution in [-0.4, -0.2) is 16.8 Å². The minimum Gasteiger partial charge on any atom is -0.273 e. The lowest BCUT2D eigenvalue weighted by Crippen LogP contribution is -2.38. The van der Waals surface area contributed by atoms with E-state index >= 15 is 0 Å². The Morgan fingerprint density at radius 2 is 1.59 bits per heavy atom. The average Bonchev–Trinajstić information content (AvgIpc) is 2.82. The van der Waals surface area contributed by atoms with Crippen molar-refractivity contribution in [2.45, 2.75) is 18.8 Å². The quantitative estimate of drug-likeness (QED) is 0.534. The second-order valence-electron chi connectivity index (χ2n) is 5.62. The second kappa shape index (κ2) is 6.12. The molecule has 1 fully saturated rings. The highest BCUT2D eigenvalue weighted by molar-refractivity contribution is 6.03. The van der Waals surface area contributed by atoms with Gasteiger partial charge in [-0.15, -0.1) is 0 Å². The van der Waals surface area contributed by atoms with Crippen molar-refractivity contribution in [2.24, 2.45) is 11.8 Å². The Balaban J connectivity index is 1.93. The largest absolute Gasteiger partial charge is 0.273 e. The summed E-state index contributed by atoms with van der Waals surface area (Å²) < 4.78 is 0. The monoisotopic (exact) mass is 294 g/mol. The van der Waals surface area contributed by atoms with Gasteiger partial charge in [0.2, 0.25) is 11.8 Å². The molecule has 2 atom stereocenters. The summed E-state index contributed by atoms with van der Waals surface area (Å²) in [7, 11) is 0. The molecule has 2 amide bonds. The molecule has 1 heterocycles. The second-order valence-corrected chi connectivity index (χ2v) is 5.62. The van der Waals surface area contributed by atoms with E-state index in [9.17, 15) is 9.59 Å². The zero-order valence-electron chi connectivity index (χ0n) is 12.2. The van der Waals surface area contributed by atoms with Crippen molar-refractivity contribution >= 4 is 11.8 Å². The molecule has 0 aliphatic carbocycles. The summed E-state index contributed by atoms with van der Waals surface area (Å²) in [4.78, 5) is 24.1. The number of nitrogens with zero attached hydrogens (tertiary/aromatic N) is 1. The summed E-state index contributed by atoms with van der Waals surface area (Å²) in [5.74, 6) is 4.53. The molecule has 2 unspecified atom stereocenters. The number of imide groups is 1. The van der Waals surface area contributed by atoms with E-state index in [1.807, 2.05) is 60.7 Å². The predicted octanol–water partition coefficient (Wildman–Crippen LogP) is 2.26. The zero-order valence-corrected chi connectivity index (χ0v) is 12.2. The van der Waals surface area contributed by atoms with Crippen LogP contribution in [0.4, 0.5) is 0 Å². The van der Waals surface area contributed by atoms with Gasteiger partial charge in [-0.3, -0.25) is 9.59 Å².